The minimum Gasteiger partial charge on any atom is -0.335 e. The molecule has 0 unspecified atom stereocenters. The molecule has 0 bridgehead atoms. The SMILES string of the molecule is CCN1CCN(C(=O)c2n[nH]c3c2CCCC3)CC1. The number of hydrogen-bond acceptors (Lipinski definition) is 3. The van der Waals surface area contributed by atoms with Gasteiger partial charge in [-0.1, -0.05) is 6.92 Å². The maximum absolute atomic E-state index is 12.6. The third-order valence-corrected chi connectivity index (χ3v) is 4.37. The molecule has 19 heavy (non-hydrogen) atoms. The lowest BCUT2D eigenvalue weighted by molar-refractivity contribution is 0.0636. The van der Waals surface area contributed by atoms with Crippen LogP contribution in [0.15, 0.2) is 0 Å². The van der Waals surface area contributed by atoms with E-state index >= 15 is 0 Å². The number of nitrogens with one attached hydrogen (secondary N) is 1. The highest BCUT2D eigenvalue weighted by Crippen LogP contribution is 2.23. The van der Waals surface area contributed by atoms with Crippen molar-refractivity contribution in [1.29, 1.82) is 0 Å². The number of hydrogen-bond donors (Lipinski definition) is 1. The number of aromatic amines is 1. The van der Waals surface area contributed by atoms with Gasteiger partial charge in [0.15, 0.2) is 5.69 Å². The van der Waals surface area contributed by atoms with Crippen molar-refractivity contribution >= 4 is 5.91 Å². The molecule has 3 rings (SSSR count). The lowest BCUT2D eigenvalue weighted by atomic mass is 9.95. The van der Waals surface area contributed by atoms with Crippen molar-refractivity contribution in [3.63, 3.8) is 0 Å². The summed E-state index contributed by atoms with van der Waals surface area (Å²) in [5.41, 5.74) is 3.04. The molecule has 1 aliphatic heterocycles. The van der Waals surface area contributed by atoms with Crippen molar-refractivity contribution in [2.75, 3.05) is 32.7 Å². The van der Waals surface area contributed by atoms with Crippen LogP contribution in [0.5, 0.6) is 0 Å². The first-order chi connectivity index (χ1) is 9.29. The van der Waals surface area contributed by atoms with E-state index in [0.717, 1.165) is 45.6 Å². The Morgan fingerprint density at radius 2 is 1.95 bits per heavy atom. The molecular weight excluding hydrogens is 240 g/mol. The topological polar surface area (TPSA) is 52.2 Å². The van der Waals surface area contributed by atoms with Gasteiger partial charge in [0.05, 0.1) is 0 Å². The summed E-state index contributed by atoms with van der Waals surface area (Å²) >= 11 is 0. The number of nitrogens with zero attached hydrogens (tertiary/aromatic N) is 3. The van der Waals surface area contributed by atoms with Crippen LogP contribution >= 0.6 is 0 Å². The number of aromatic nitrogens is 2. The molecule has 0 aromatic carbocycles. The molecule has 1 saturated heterocycles. The molecule has 0 radical (unpaired) electrons. The van der Waals surface area contributed by atoms with Crippen LogP contribution in [0.3, 0.4) is 0 Å². The highest BCUT2D eigenvalue weighted by atomic mass is 16.2. The van der Waals surface area contributed by atoms with Crippen LogP contribution in [0.2, 0.25) is 0 Å². The molecule has 0 saturated carbocycles. The zero-order valence-corrected chi connectivity index (χ0v) is 11.6. The van der Waals surface area contributed by atoms with Crippen LogP contribution in [0.1, 0.15) is 41.5 Å². The van der Waals surface area contributed by atoms with Crippen LogP contribution in [0.4, 0.5) is 0 Å². The summed E-state index contributed by atoms with van der Waals surface area (Å²) in [4.78, 5) is 16.9. The van der Waals surface area contributed by atoms with E-state index in [2.05, 4.69) is 22.0 Å². The predicted octanol–water partition coefficient (Wildman–Crippen LogP) is 1.07. The molecule has 1 N–H and O–H groups in total. The Bertz CT molecular complexity index is 460. The molecule has 1 fully saturated rings. The molecule has 2 aliphatic rings. The first kappa shape index (κ1) is 12.7. The molecule has 1 aromatic rings. The van der Waals surface area contributed by atoms with E-state index in [1.807, 2.05) is 4.90 Å². The minimum absolute atomic E-state index is 0.121. The molecule has 0 spiro atoms. The van der Waals surface area contributed by atoms with E-state index in [4.69, 9.17) is 0 Å². The van der Waals surface area contributed by atoms with Crippen molar-refractivity contribution in [2.24, 2.45) is 0 Å². The van der Waals surface area contributed by atoms with Crippen molar-refractivity contribution < 1.29 is 4.79 Å². The molecule has 5 heteroatoms. The zero-order chi connectivity index (χ0) is 13.2. The van der Waals surface area contributed by atoms with Crippen molar-refractivity contribution in [3.8, 4) is 0 Å². The predicted molar refractivity (Wildman–Crippen MR) is 73.2 cm³/mol. The van der Waals surface area contributed by atoms with E-state index < -0.39 is 0 Å². The standard InChI is InChI=1S/C14H22N4O/c1-2-17-7-9-18(10-8-17)14(19)13-11-5-3-4-6-12(11)15-16-13/h2-10H2,1H3,(H,15,16). The highest BCUT2D eigenvalue weighted by Gasteiger charge is 2.27. The Labute approximate surface area is 114 Å². The summed E-state index contributed by atoms with van der Waals surface area (Å²) < 4.78 is 0. The lowest BCUT2D eigenvalue weighted by Gasteiger charge is -2.33. The number of carbonyl (C=O) groups excluding carboxylic acids is 1. The first-order valence-corrected chi connectivity index (χ1v) is 7.37. The van der Waals surface area contributed by atoms with E-state index in [1.165, 1.54) is 24.1 Å². The summed E-state index contributed by atoms with van der Waals surface area (Å²) in [6.45, 7) is 6.85. The normalized spacial score (nSPS) is 20.4. The number of piperazine rings is 1. The third-order valence-electron chi connectivity index (χ3n) is 4.37. The maximum Gasteiger partial charge on any atom is 0.274 e. The minimum atomic E-state index is 0.121. The molecule has 104 valence electrons. The van der Waals surface area contributed by atoms with Gasteiger partial charge in [0.25, 0.3) is 5.91 Å². The second kappa shape index (κ2) is 5.33. The Morgan fingerprint density at radius 1 is 1.21 bits per heavy atom. The number of likely N-dealkylation sites (N-methyl/N-ethyl adjacent to an activating group) is 1. The van der Waals surface area contributed by atoms with Crippen molar-refractivity contribution in [1.82, 2.24) is 20.0 Å². The Hall–Kier alpha value is -1.36. The number of aryl methyl sites for hydroxylation is 1. The lowest BCUT2D eigenvalue weighted by Crippen LogP contribution is -2.48. The fourth-order valence-electron chi connectivity index (χ4n) is 3.07. The highest BCUT2D eigenvalue weighted by molar-refractivity contribution is 5.94. The van der Waals surface area contributed by atoms with Gasteiger partial charge in [-0.3, -0.25) is 9.89 Å². The van der Waals surface area contributed by atoms with Crippen LogP contribution in [-0.2, 0) is 12.8 Å². The van der Waals surface area contributed by atoms with Gasteiger partial charge < -0.3 is 9.80 Å². The van der Waals surface area contributed by atoms with Gasteiger partial charge in [0, 0.05) is 37.4 Å². The number of rotatable bonds is 2. The smallest absolute Gasteiger partial charge is 0.274 e. The Kier molecular flexibility index (Phi) is 3.55. The summed E-state index contributed by atoms with van der Waals surface area (Å²) in [5.74, 6) is 0.121. The fraction of sp³-hybridized carbons (Fsp3) is 0.714. The summed E-state index contributed by atoms with van der Waals surface area (Å²) in [7, 11) is 0. The molecule has 1 amide bonds. The number of fused-ring (bicyclic) bond motifs is 1. The largest absolute Gasteiger partial charge is 0.335 e. The zero-order valence-electron chi connectivity index (χ0n) is 11.6. The first-order valence-electron chi connectivity index (χ1n) is 7.37. The summed E-state index contributed by atoms with van der Waals surface area (Å²) in [5, 5.41) is 7.34. The average molecular weight is 262 g/mol. The van der Waals surface area contributed by atoms with Crippen molar-refractivity contribution in [2.45, 2.75) is 32.6 Å². The van der Waals surface area contributed by atoms with Gasteiger partial charge in [-0.2, -0.15) is 5.10 Å². The van der Waals surface area contributed by atoms with Crippen molar-refractivity contribution in [3.05, 3.63) is 17.0 Å². The van der Waals surface area contributed by atoms with Gasteiger partial charge in [-0.05, 0) is 32.2 Å². The van der Waals surface area contributed by atoms with Crippen LogP contribution in [-0.4, -0.2) is 58.6 Å². The number of H-pyrrole nitrogens is 1. The second-order valence-corrected chi connectivity index (χ2v) is 5.46. The quantitative estimate of drug-likeness (QED) is 0.867. The van der Waals surface area contributed by atoms with Crippen LogP contribution in [0.25, 0.3) is 0 Å². The second-order valence-electron chi connectivity index (χ2n) is 5.46. The molecule has 1 aromatic heterocycles. The summed E-state index contributed by atoms with van der Waals surface area (Å²) in [6, 6.07) is 0. The Morgan fingerprint density at radius 3 is 2.68 bits per heavy atom. The van der Waals surface area contributed by atoms with Gasteiger partial charge in [0.2, 0.25) is 0 Å². The summed E-state index contributed by atoms with van der Waals surface area (Å²) in [6.07, 6.45) is 4.43. The van der Waals surface area contributed by atoms with E-state index in [1.54, 1.807) is 0 Å². The Balaban J connectivity index is 1.72. The van der Waals surface area contributed by atoms with Gasteiger partial charge >= 0.3 is 0 Å². The van der Waals surface area contributed by atoms with Gasteiger partial charge in [0.1, 0.15) is 0 Å². The number of carbonyl (C=O) groups is 1. The van der Waals surface area contributed by atoms with E-state index in [0.29, 0.717) is 5.69 Å². The monoisotopic (exact) mass is 262 g/mol. The number of amides is 1. The van der Waals surface area contributed by atoms with Crippen LogP contribution in [0, 0.1) is 0 Å². The fourth-order valence-corrected chi connectivity index (χ4v) is 3.07. The molecular formula is C14H22N4O. The van der Waals surface area contributed by atoms with Crippen LogP contribution < -0.4 is 0 Å². The average Bonchev–Trinajstić information content (AvgIpc) is 2.90. The molecule has 5 nitrogen and oxygen atoms in total. The maximum atomic E-state index is 12.6. The molecule has 1 aliphatic carbocycles. The van der Waals surface area contributed by atoms with Gasteiger partial charge in [-0.25, -0.2) is 0 Å². The molecule has 0 atom stereocenters. The third kappa shape index (κ3) is 2.39. The van der Waals surface area contributed by atoms with E-state index in [-0.39, 0.29) is 5.91 Å². The van der Waals surface area contributed by atoms with Gasteiger partial charge in [-0.15, -0.1) is 0 Å². The van der Waals surface area contributed by atoms with E-state index in [9.17, 15) is 4.79 Å². The molecule has 2 heterocycles.